The lowest BCUT2D eigenvalue weighted by Crippen LogP contribution is -2.30. The Morgan fingerprint density at radius 3 is 2.64 bits per heavy atom. The number of nitriles is 1. The van der Waals surface area contributed by atoms with Crippen molar-refractivity contribution in [1.82, 2.24) is 0 Å². The first-order chi connectivity index (χ1) is 10.7. The van der Waals surface area contributed by atoms with E-state index in [1.54, 1.807) is 13.2 Å². The van der Waals surface area contributed by atoms with Crippen molar-refractivity contribution >= 4 is 17.7 Å². The number of nitrogens with zero attached hydrogens (tertiary/aromatic N) is 1. The number of carbonyl (C=O) groups is 1. The molecule has 3 rings (SSSR count). The molecule has 5 heteroatoms. The maximum absolute atomic E-state index is 12.2. The van der Waals surface area contributed by atoms with Gasteiger partial charge in [-0.15, -0.1) is 0 Å². The van der Waals surface area contributed by atoms with Crippen LogP contribution in [0.1, 0.15) is 21.5 Å². The number of carbonyl (C=O) groups excluding carboxylic acids is 1. The zero-order valence-electron chi connectivity index (χ0n) is 11.9. The quantitative estimate of drug-likeness (QED) is 0.640. The van der Waals surface area contributed by atoms with E-state index in [1.807, 2.05) is 42.5 Å². The number of fused-ring (bicyclic) bond motifs is 1. The van der Waals surface area contributed by atoms with Gasteiger partial charge in [-0.3, -0.25) is 0 Å². The molecule has 0 saturated heterocycles. The minimum absolute atomic E-state index is 0.346. The predicted molar refractivity (Wildman–Crippen MR) is 83.7 cm³/mol. The molecule has 0 amide bonds. The van der Waals surface area contributed by atoms with Gasteiger partial charge < -0.3 is 9.47 Å². The van der Waals surface area contributed by atoms with Gasteiger partial charge in [-0.05, 0) is 30.0 Å². The van der Waals surface area contributed by atoms with Crippen LogP contribution in [0.2, 0.25) is 0 Å². The number of ether oxygens (including phenoxy) is 2. The second-order valence-corrected chi connectivity index (χ2v) is 5.63. The molecule has 1 aliphatic heterocycles. The number of methoxy groups -OCH3 is 1. The van der Waals surface area contributed by atoms with E-state index >= 15 is 0 Å². The molecule has 1 aliphatic rings. The van der Waals surface area contributed by atoms with E-state index in [1.165, 1.54) is 0 Å². The molecule has 1 heterocycles. The van der Waals surface area contributed by atoms with Gasteiger partial charge in [-0.2, -0.15) is 5.26 Å². The van der Waals surface area contributed by atoms with Gasteiger partial charge in [0.1, 0.15) is 11.2 Å². The Bertz CT molecular complexity index is 751. The number of thioether (sulfide) groups is 1. The van der Waals surface area contributed by atoms with E-state index in [4.69, 9.17) is 14.7 Å². The molecule has 0 fully saturated rings. The minimum atomic E-state index is -0.930. The highest BCUT2D eigenvalue weighted by molar-refractivity contribution is 8.03. The van der Waals surface area contributed by atoms with Crippen molar-refractivity contribution in [1.29, 1.82) is 5.26 Å². The Labute approximate surface area is 132 Å². The summed E-state index contributed by atoms with van der Waals surface area (Å²) in [4.78, 5) is 12.2. The summed E-state index contributed by atoms with van der Waals surface area (Å²) in [5, 5.41) is 11.0. The molecule has 22 heavy (non-hydrogen) atoms. The van der Waals surface area contributed by atoms with Crippen molar-refractivity contribution in [2.24, 2.45) is 0 Å². The Hall–Kier alpha value is -2.45. The maximum Gasteiger partial charge on any atom is 0.339 e. The fourth-order valence-electron chi connectivity index (χ4n) is 2.68. The van der Waals surface area contributed by atoms with E-state index in [2.05, 4.69) is 5.40 Å². The molecular weight excluding hydrogens is 298 g/mol. The fraction of sp³-hybridized carbons (Fsp3) is 0.176. The second-order valence-electron chi connectivity index (χ2n) is 4.87. The number of benzene rings is 2. The standard InChI is InChI=1S/C17H13NO3S/c1-20-13-8-6-12(7-9-13)17(10-22-11-18)15-5-3-2-4-14(15)16(19)21-17/h2-9H,10H2,1H3. The Balaban J connectivity index is 2.14. The monoisotopic (exact) mass is 311 g/mol. The predicted octanol–water partition coefficient (Wildman–Crippen LogP) is 3.32. The Kier molecular flexibility index (Phi) is 3.78. The SMILES string of the molecule is COc1ccc(C2(CSC#N)OC(=O)c3ccccc32)cc1. The van der Waals surface area contributed by atoms with Gasteiger partial charge in [0, 0.05) is 11.1 Å². The van der Waals surface area contributed by atoms with Crippen molar-refractivity contribution in [3.63, 3.8) is 0 Å². The van der Waals surface area contributed by atoms with E-state index in [9.17, 15) is 4.79 Å². The summed E-state index contributed by atoms with van der Waals surface area (Å²) in [7, 11) is 1.60. The first-order valence-electron chi connectivity index (χ1n) is 6.69. The van der Waals surface area contributed by atoms with Gasteiger partial charge >= 0.3 is 5.97 Å². The van der Waals surface area contributed by atoms with E-state index in [0.717, 1.165) is 28.6 Å². The molecule has 2 aromatic carbocycles. The lowest BCUT2D eigenvalue weighted by Gasteiger charge is -2.28. The average molecular weight is 311 g/mol. The topological polar surface area (TPSA) is 59.3 Å². The summed E-state index contributed by atoms with van der Waals surface area (Å²) in [6, 6.07) is 14.7. The van der Waals surface area contributed by atoms with Gasteiger partial charge in [0.2, 0.25) is 0 Å². The number of esters is 1. The van der Waals surface area contributed by atoms with Gasteiger partial charge in [-0.1, -0.05) is 30.3 Å². The van der Waals surface area contributed by atoms with E-state index in [0.29, 0.717) is 11.3 Å². The van der Waals surface area contributed by atoms with Crippen LogP contribution in [0.4, 0.5) is 0 Å². The van der Waals surface area contributed by atoms with Crippen LogP contribution in [-0.2, 0) is 10.3 Å². The lowest BCUT2D eigenvalue weighted by atomic mass is 9.87. The molecule has 0 saturated carbocycles. The van der Waals surface area contributed by atoms with E-state index < -0.39 is 5.60 Å². The third kappa shape index (κ3) is 2.22. The highest BCUT2D eigenvalue weighted by atomic mass is 32.2. The Morgan fingerprint density at radius 2 is 1.95 bits per heavy atom. The fourth-order valence-corrected chi connectivity index (χ4v) is 3.33. The van der Waals surface area contributed by atoms with Crippen molar-refractivity contribution in [3.05, 3.63) is 65.2 Å². The normalized spacial score (nSPS) is 19.2. The summed E-state index contributed by atoms with van der Waals surface area (Å²) in [5.74, 6) is 0.716. The van der Waals surface area contributed by atoms with Gasteiger partial charge in [0.25, 0.3) is 0 Å². The molecule has 0 bridgehead atoms. The Morgan fingerprint density at radius 1 is 1.23 bits per heavy atom. The van der Waals surface area contributed by atoms with Crippen LogP contribution >= 0.6 is 11.8 Å². The van der Waals surface area contributed by atoms with Crippen LogP contribution in [0.15, 0.2) is 48.5 Å². The van der Waals surface area contributed by atoms with Gasteiger partial charge in [0.05, 0.1) is 18.4 Å². The third-order valence-electron chi connectivity index (χ3n) is 3.75. The van der Waals surface area contributed by atoms with Crippen LogP contribution in [0.5, 0.6) is 5.75 Å². The molecule has 4 nitrogen and oxygen atoms in total. The number of hydrogen-bond donors (Lipinski definition) is 0. The second kappa shape index (κ2) is 5.74. The highest BCUT2D eigenvalue weighted by Gasteiger charge is 2.46. The van der Waals surface area contributed by atoms with Crippen molar-refractivity contribution in [3.8, 4) is 11.2 Å². The number of thiocyanates is 1. The summed E-state index contributed by atoms with van der Waals surface area (Å²) >= 11 is 1.07. The zero-order valence-corrected chi connectivity index (χ0v) is 12.7. The van der Waals surface area contributed by atoms with Crippen LogP contribution in [-0.4, -0.2) is 18.8 Å². The van der Waals surface area contributed by atoms with Gasteiger partial charge in [0.15, 0.2) is 5.60 Å². The average Bonchev–Trinajstić information content (AvgIpc) is 2.87. The smallest absolute Gasteiger partial charge is 0.339 e. The van der Waals surface area contributed by atoms with Crippen molar-refractivity contribution in [2.45, 2.75) is 5.60 Å². The first-order valence-corrected chi connectivity index (χ1v) is 7.68. The van der Waals surface area contributed by atoms with Crippen LogP contribution < -0.4 is 4.74 Å². The molecule has 1 unspecified atom stereocenters. The molecule has 1 atom stereocenters. The number of rotatable bonds is 4. The van der Waals surface area contributed by atoms with Crippen LogP contribution in [0, 0.1) is 10.7 Å². The summed E-state index contributed by atoms with van der Waals surface area (Å²) in [6.07, 6.45) is 0. The zero-order chi connectivity index (χ0) is 15.6. The van der Waals surface area contributed by atoms with Crippen LogP contribution in [0.3, 0.4) is 0 Å². The third-order valence-corrected chi connectivity index (χ3v) is 4.43. The first kappa shape index (κ1) is 14.5. The molecule has 0 aliphatic carbocycles. The van der Waals surface area contributed by atoms with Crippen molar-refractivity contribution < 1.29 is 14.3 Å². The molecule has 0 aromatic heterocycles. The molecule has 2 aromatic rings. The largest absolute Gasteiger partial charge is 0.497 e. The number of hydrogen-bond acceptors (Lipinski definition) is 5. The molecule has 110 valence electrons. The highest BCUT2D eigenvalue weighted by Crippen LogP contribution is 2.44. The maximum atomic E-state index is 12.2. The molecule has 0 spiro atoms. The molecular formula is C17H13NO3S. The minimum Gasteiger partial charge on any atom is -0.497 e. The lowest BCUT2D eigenvalue weighted by molar-refractivity contribution is 0.0197. The van der Waals surface area contributed by atoms with E-state index in [-0.39, 0.29) is 5.97 Å². The van der Waals surface area contributed by atoms with Crippen molar-refractivity contribution in [2.75, 3.05) is 12.9 Å². The number of cyclic esters (lactones) is 1. The molecule has 0 N–H and O–H groups in total. The summed E-state index contributed by atoms with van der Waals surface area (Å²) < 4.78 is 10.9. The molecule has 0 radical (unpaired) electrons. The van der Waals surface area contributed by atoms with Crippen LogP contribution in [0.25, 0.3) is 0 Å². The van der Waals surface area contributed by atoms with Gasteiger partial charge in [-0.25, -0.2) is 4.79 Å². The summed E-state index contributed by atoms with van der Waals surface area (Å²) in [5.41, 5.74) is 1.25. The summed E-state index contributed by atoms with van der Waals surface area (Å²) in [6.45, 7) is 0.